The van der Waals surface area contributed by atoms with Gasteiger partial charge in [0.15, 0.2) is 11.5 Å². The molecule has 2 atom stereocenters. The average molecular weight is 443 g/mol. The number of aromatic nitrogens is 5. The Balaban J connectivity index is 1.23. The van der Waals surface area contributed by atoms with Crippen LogP contribution in [0.25, 0.3) is 16.9 Å². The van der Waals surface area contributed by atoms with E-state index in [1.54, 1.807) is 16.9 Å². The number of hydrogen-bond donors (Lipinski definition) is 2. The van der Waals surface area contributed by atoms with Gasteiger partial charge in [-0.1, -0.05) is 0 Å². The van der Waals surface area contributed by atoms with Crippen LogP contribution in [-0.4, -0.2) is 60.7 Å². The molecule has 0 saturated carbocycles. The Morgan fingerprint density at radius 2 is 1.94 bits per heavy atom. The number of benzene rings is 1. The van der Waals surface area contributed by atoms with Crippen LogP contribution < -0.4 is 15.8 Å². The van der Waals surface area contributed by atoms with Crippen molar-refractivity contribution in [3.8, 4) is 11.3 Å². The molecule has 2 aliphatic rings. The standard InChI is InChI=1S/C24H26N8O/c1-15(2)30-12-20-10-19(30)13-31(20)18-5-3-17(4-6-18)29-23-24-27-14-28-32(24)21(11-26-23)16-7-8-25-22(33)9-16/h3-9,11,14-15,19-20H,10,12-13H2,1-2H3,(H,25,33)(H,26,29)/t19-,20-/m1/s1. The smallest absolute Gasteiger partial charge is 0.248 e. The van der Waals surface area contributed by atoms with E-state index in [4.69, 9.17) is 0 Å². The van der Waals surface area contributed by atoms with Gasteiger partial charge in [0.1, 0.15) is 6.33 Å². The van der Waals surface area contributed by atoms with Crippen LogP contribution in [0.5, 0.6) is 0 Å². The molecule has 168 valence electrons. The number of fused-ring (bicyclic) bond motifs is 3. The number of piperazine rings is 1. The Bertz CT molecular complexity index is 1360. The van der Waals surface area contributed by atoms with Gasteiger partial charge in [-0.3, -0.25) is 9.69 Å². The number of hydrogen-bond acceptors (Lipinski definition) is 7. The van der Waals surface area contributed by atoms with Gasteiger partial charge in [0.25, 0.3) is 0 Å². The lowest BCUT2D eigenvalue weighted by atomic mass is 10.2. The number of aromatic amines is 1. The Morgan fingerprint density at radius 1 is 1.09 bits per heavy atom. The summed E-state index contributed by atoms with van der Waals surface area (Å²) in [6.07, 6.45) is 6.06. The van der Waals surface area contributed by atoms with Gasteiger partial charge < -0.3 is 15.2 Å². The summed E-state index contributed by atoms with van der Waals surface area (Å²) in [5, 5.41) is 7.70. The highest BCUT2D eigenvalue weighted by molar-refractivity contribution is 5.74. The molecule has 0 radical (unpaired) electrons. The quantitative estimate of drug-likeness (QED) is 0.491. The molecule has 9 nitrogen and oxygen atoms in total. The predicted octanol–water partition coefficient (Wildman–Crippen LogP) is 2.89. The second-order valence-electron chi connectivity index (χ2n) is 9.09. The van der Waals surface area contributed by atoms with E-state index in [1.165, 1.54) is 24.5 Å². The van der Waals surface area contributed by atoms with Crippen molar-refractivity contribution in [3.05, 3.63) is 65.5 Å². The third-order valence-corrected chi connectivity index (χ3v) is 6.78. The third kappa shape index (κ3) is 3.45. The van der Waals surface area contributed by atoms with Crippen LogP contribution in [-0.2, 0) is 0 Å². The summed E-state index contributed by atoms with van der Waals surface area (Å²) in [4.78, 5) is 28.5. The van der Waals surface area contributed by atoms with Crippen molar-refractivity contribution >= 4 is 22.8 Å². The van der Waals surface area contributed by atoms with Crippen LogP contribution in [0.1, 0.15) is 20.3 Å². The molecule has 4 aromatic rings. The maximum atomic E-state index is 11.7. The van der Waals surface area contributed by atoms with Crippen molar-refractivity contribution in [1.29, 1.82) is 0 Å². The van der Waals surface area contributed by atoms with E-state index in [9.17, 15) is 4.79 Å². The highest BCUT2D eigenvalue weighted by Crippen LogP contribution is 2.36. The molecule has 5 heterocycles. The minimum atomic E-state index is -0.175. The van der Waals surface area contributed by atoms with Gasteiger partial charge in [0.2, 0.25) is 5.56 Å². The highest BCUT2D eigenvalue weighted by Gasteiger charge is 2.43. The number of pyridine rings is 1. The zero-order valence-corrected chi connectivity index (χ0v) is 18.6. The van der Waals surface area contributed by atoms with E-state index >= 15 is 0 Å². The summed E-state index contributed by atoms with van der Waals surface area (Å²) in [6.45, 7) is 6.83. The van der Waals surface area contributed by atoms with Crippen molar-refractivity contribution in [3.63, 3.8) is 0 Å². The fourth-order valence-corrected chi connectivity index (χ4v) is 5.23. The van der Waals surface area contributed by atoms with Crippen molar-refractivity contribution in [1.82, 2.24) is 29.5 Å². The molecule has 2 saturated heterocycles. The van der Waals surface area contributed by atoms with Crippen LogP contribution in [0.3, 0.4) is 0 Å². The van der Waals surface area contributed by atoms with Crippen LogP contribution in [0.4, 0.5) is 17.2 Å². The van der Waals surface area contributed by atoms with Crippen molar-refractivity contribution in [2.45, 2.75) is 38.4 Å². The molecule has 9 heteroatoms. The first-order chi connectivity index (χ1) is 16.1. The van der Waals surface area contributed by atoms with Crippen LogP contribution in [0, 0.1) is 0 Å². The minimum absolute atomic E-state index is 0.175. The average Bonchev–Trinajstić information content (AvgIpc) is 3.56. The van der Waals surface area contributed by atoms with Gasteiger partial charge >= 0.3 is 0 Å². The lowest BCUT2D eigenvalue weighted by Gasteiger charge is -2.37. The van der Waals surface area contributed by atoms with E-state index in [2.05, 4.69) is 73.3 Å². The van der Waals surface area contributed by atoms with Crippen LogP contribution in [0.2, 0.25) is 0 Å². The topological polar surface area (TPSA) is 94.4 Å². The van der Waals surface area contributed by atoms with Crippen LogP contribution in [0.15, 0.2) is 59.9 Å². The summed E-state index contributed by atoms with van der Waals surface area (Å²) in [6, 6.07) is 13.7. The molecule has 2 bridgehead atoms. The first-order valence-electron chi connectivity index (χ1n) is 11.3. The first kappa shape index (κ1) is 19.9. The molecular weight excluding hydrogens is 416 g/mol. The lowest BCUT2D eigenvalue weighted by molar-refractivity contribution is 0.191. The monoisotopic (exact) mass is 442 g/mol. The molecule has 0 amide bonds. The van der Waals surface area contributed by atoms with Gasteiger partial charge in [-0.15, -0.1) is 0 Å². The highest BCUT2D eigenvalue weighted by atomic mass is 16.1. The van der Waals surface area contributed by atoms with Gasteiger partial charge in [-0.05, 0) is 50.6 Å². The summed E-state index contributed by atoms with van der Waals surface area (Å²) in [7, 11) is 0. The van der Waals surface area contributed by atoms with E-state index < -0.39 is 0 Å². The molecule has 2 fully saturated rings. The van der Waals surface area contributed by atoms with E-state index in [0.717, 1.165) is 24.3 Å². The Kier molecular flexibility index (Phi) is 4.65. The second-order valence-corrected chi connectivity index (χ2v) is 9.09. The fourth-order valence-electron chi connectivity index (χ4n) is 5.23. The summed E-state index contributed by atoms with van der Waals surface area (Å²) in [5.74, 6) is 0.613. The second kappa shape index (κ2) is 7.70. The number of likely N-dealkylation sites (tertiary alicyclic amines) is 1. The van der Waals surface area contributed by atoms with Gasteiger partial charge in [0, 0.05) is 60.4 Å². The number of nitrogens with one attached hydrogen (secondary N) is 2. The summed E-state index contributed by atoms with van der Waals surface area (Å²) >= 11 is 0. The number of H-pyrrole nitrogens is 1. The maximum absolute atomic E-state index is 11.7. The Labute approximate surface area is 191 Å². The molecule has 2 N–H and O–H groups in total. The van der Waals surface area contributed by atoms with E-state index in [0.29, 0.717) is 35.3 Å². The van der Waals surface area contributed by atoms with E-state index in [1.807, 2.05) is 6.07 Å². The number of nitrogens with zero attached hydrogens (tertiary/aromatic N) is 6. The van der Waals surface area contributed by atoms with E-state index in [-0.39, 0.29) is 5.56 Å². The molecule has 0 unspecified atom stereocenters. The zero-order chi connectivity index (χ0) is 22.5. The molecule has 1 aromatic carbocycles. The molecular formula is C24H26N8O. The predicted molar refractivity (Wildman–Crippen MR) is 128 cm³/mol. The lowest BCUT2D eigenvalue weighted by Crippen LogP contribution is -2.48. The minimum Gasteiger partial charge on any atom is -0.366 e. The SMILES string of the molecule is CC(C)N1C[C@H]2C[C@@H]1CN2c1ccc(Nc2ncc(-c3cc[nH]c(=O)c3)n3ncnc23)cc1. The molecule has 2 aliphatic heterocycles. The van der Waals surface area contributed by atoms with Gasteiger partial charge in [0.05, 0.1) is 11.9 Å². The van der Waals surface area contributed by atoms with Gasteiger partial charge in [-0.25, -0.2) is 14.5 Å². The summed E-state index contributed by atoms with van der Waals surface area (Å²) in [5.41, 5.74) is 4.06. The Hall–Kier alpha value is -3.72. The Morgan fingerprint density at radius 3 is 2.67 bits per heavy atom. The molecule has 0 aliphatic carbocycles. The normalized spacial score (nSPS) is 20.3. The maximum Gasteiger partial charge on any atom is 0.248 e. The fraction of sp³-hybridized carbons (Fsp3) is 0.333. The van der Waals surface area contributed by atoms with Gasteiger partial charge in [-0.2, -0.15) is 5.10 Å². The van der Waals surface area contributed by atoms with Crippen molar-refractivity contribution in [2.24, 2.45) is 0 Å². The largest absolute Gasteiger partial charge is 0.366 e. The molecule has 33 heavy (non-hydrogen) atoms. The molecule has 0 spiro atoms. The third-order valence-electron chi connectivity index (χ3n) is 6.78. The van der Waals surface area contributed by atoms with Crippen molar-refractivity contribution < 1.29 is 0 Å². The number of rotatable bonds is 5. The number of anilines is 3. The molecule has 3 aromatic heterocycles. The van der Waals surface area contributed by atoms with Crippen molar-refractivity contribution in [2.75, 3.05) is 23.3 Å². The van der Waals surface area contributed by atoms with Crippen LogP contribution >= 0.6 is 0 Å². The first-order valence-corrected chi connectivity index (χ1v) is 11.3. The molecule has 6 rings (SSSR count). The summed E-state index contributed by atoms with van der Waals surface area (Å²) < 4.78 is 1.69. The zero-order valence-electron chi connectivity index (χ0n) is 18.6.